The summed E-state index contributed by atoms with van der Waals surface area (Å²) in [6.45, 7) is 3.95. The number of nitrogens with zero attached hydrogens (tertiary/aromatic N) is 3. The van der Waals surface area contributed by atoms with E-state index in [0.29, 0.717) is 11.0 Å². The van der Waals surface area contributed by atoms with Crippen LogP contribution in [0.15, 0.2) is 29.1 Å². The smallest absolute Gasteiger partial charge is 0.355 e. The highest BCUT2D eigenvalue weighted by Gasteiger charge is 2.20. The van der Waals surface area contributed by atoms with Crippen molar-refractivity contribution in [3.05, 3.63) is 45.3 Å². The molecular weight excluding hydrogens is 330 g/mol. The third-order valence-corrected chi connectivity index (χ3v) is 4.32. The van der Waals surface area contributed by atoms with Crippen LogP contribution < -0.4 is 16.3 Å². The van der Waals surface area contributed by atoms with Crippen LogP contribution in [0.4, 0.5) is 10.7 Å². The molecular formula is C16H22ClN5O2. The van der Waals surface area contributed by atoms with Crippen LogP contribution in [0.5, 0.6) is 0 Å². The summed E-state index contributed by atoms with van der Waals surface area (Å²) in [6, 6.07) is 6.97. The zero-order valence-electron chi connectivity index (χ0n) is 14.2. The van der Waals surface area contributed by atoms with Gasteiger partial charge in [0.15, 0.2) is 0 Å². The predicted molar refractivity (Wildman–Crippen MR) is 94.7 cm³/mol. The summed E-state index contributed by atoms with van der Waals surface area (Å²) in [7, 11) is 3.19. The number of aromatic nitrogens is 3. The molecule has 8 heteroatoms. The Morgan fingerprint density at radius 1 is 1.29 bits per heavy atom. The number of anilines is 1. The average Bonchev–Trinajstić information content (AvgIpc) is 2.84. The van der Waals surface area contributed by atoms with Crippen molar-refractivity contribution in [3.8, 4) is 0 Å². The molecule has 0 aliphatic heterocycles. The first kappa shape index (κ1) is 18.1. The van der Waals surface area contributed by atoms with Crippen molar-refractivity contribution in [1.29, 1.82) is 0 Å². The molecule has 1 amide bonds. The Morgan fingerprint density at radius 3 is 2.46 bits per heavy atom. The van der Waals surface area contributed by atoms with Gasteiger partial charge in [-0.05, 0) is 37.0 Å². The normalized spacial score (nSPS) is 13.4. The molecule has 130 valence electrons. The van der Waals surface area contributed by atoms with E-state index >= 15 is 0 Å². The van der Waals surface area contributed by atoms with Crippen LogP contribution in [-0.4, -0.2) is 33.5 Å². The summed E-state index contributed by atoms with van der Waals surface area (Å²) in [6.07, 6.45) is 0.789. The molecule has 0 radical (unpaired) electrons. The largest absolute Gasteiger partial charge is 0.357 e. The Balaban J connectivity index is 2.03. The molecule has 2 rings (SSSR count). The standard InChI is InChI=1S/C16H22ClN5O2/c1-10(9-12-5-7-13(17)8-6-12)11(2)19-15(23)22-16(24)21(4)14(18-3)20-22/h5-8,10-11H,9H2,1-4H3,(H,18,20)(H,19,23). The monoisotopic (exact) mass is 351 g/mol. The number of amides is 1. The first-order valence-electron chi connectivity index (χ1n) is 7.72. The van der Waals surface area contributed by atoms with Gasteiger partial charge in [-0.3, -0.25) is 4.57 Å². The number of rotatable bonds is 5. The lowest BCUT2D eigenvalue weighted by Gasteiger charge is -2.21. The van der Waals surface area contributed by atoms with E-state index in [0.717, 1.165) is 16.7 Å². The quantitative estimate of drug-likeness (QED) is 0.864. The van der Waals surface area contributed by atoms with Crippen molar-refractivity contribution in [1.82, 2.24) is 19.7 Å². The highest BCUT2D eigenvalue weighted by atomic mass is 35.5. The second-order valence-electron chi connectivity index (χ2n) is 5.87. The van der Waals surface area contributed by atoms with Gasteiger partial charge >= 0.3 is 11.7 Å². The van der Waals surface area contributed by atoms with Crippen LogP contribution >= 0.6 is 11.6 Å². The van der Waals surface area contributed by atoms with Crippen LogP contribution in [-0.2, 0) is 13.5 Å². The Kier molecular flexibility index (Phi) is 5.66. The van der Waals surface area contributed by atoms with E-state index in [1.165, 1.54) is 4.57 Å². The van der Waals surface area contributed by atoms with Gasteiger partial charge in [0, 0.05) is 25.2 Å². The summed E-state index contributed by atoms with van der Waals surface area (Å²) >= 11 is 5.89. The van der Waals surface area contributed by atoms with Crippen LogP contribution in [0, 0.1) is 5.92 Å². The van der Waals surface area contributed by atoms with E-state index in [-0.39, 0.29) is 12.0 Å². The van der Waals surface area contributed by atoms with Crippen molar-refractivity contribution in [2.75, 3.05) is 12.4 Å². The molecule has 24 heavy (non-hydrogen) atoms. The highest BCUT2D eigenvalue weighted by molar-refractivity contribution is 6.30. The van der Waals surface area contributed by atoms with Crippen molar-refractivity contribution >= 4 is 23.6 Å². The van der Waals surface area contributed by atoms with E-state index in [2.05, 4.69) is 15.7 Å². The minimum atomic E-state index is -0.535. The fraction of sp³-hybridized carbons (Fsp3) is 0.438. The maximum atomic E-state index is 12.3. The number of carbonyl (C=O) groups is 1. The molecule has 2 atom stereocenters. The third kappa shape index (κ3) is 3.97. The highest BCUT2D eigenvalue weighted by Crippen LogP contribution is 2.15. The lowest BCUT2D eigenvalue weighted by Crippen LogP contribution is -2.44. The molecule has 0 saturated carbocycles. The van der Waals surface area contributed by atoms with Gasteiger partial charge in [-0.2, -0.15) is 0 Å². The van der Waals surface area contributed by atoms with Gasteiger partial charge in [0.1, 0.15) is 0 Å². The van der Waals surface area contributed by atoms with Gasteiger partial charge in [0.25, 0.3) is 0 Å². The maximum absolute atomic E-state index is 12.3. The molecule has 0 aliphatic carbocycles. The van der Waals surface area contributed by atoms with E-state index in [1.807, 2.05) is 38.1 Å². The SMILES string of the molecule is CNc1nn(C(=O)NC(C)C(C)Cc2ccc(Cl)cc2)c(=O)n1C. The summed E-state index contributed by atoms with van der Waals surface area (Å²) in [5.41, 5.74) is 0.648. The number of carbonyl (C=O) groups excluding carboxylic acids is 1. The molecule has 2 unspecified atom stereocenters. The van der Waals surface area contributed by atoms with Crippen molar-refractivity contribution in [2.24, 2.45) is 13.0 Å². The Hall–Kier alpha value is -2.28. The van der Waals surface area contributed by atoms with E-state index in [1.54, 1.807) is 14.1 Å². The summed E-state index contributed by atoms with van der Waals surface area (Å²) in [5, 5.41) is 10.3. The average molecular weight is 352 g/mol. The van der Waals surface area contributed by atoms with Gasteiger partial charge in [-0.1, -0.05) is 30.7 Å². The Labute approximate surface area is 145 Å². The number of benzene rings is 1. The molecule has 0 fully saturated rings. The van der Waals surface area contributed by atoms with Gasteiger partial charge in [0.05, 0.1) is 0 Å². The van der Waals surface area contributed by atoms with Crippen LogP contribution in [0.2, 0.25) is 5.02 Å². The minimum Gasteiger partial charge on any atom is -0.357 e. The summed E-state index contributed by atoms with van der Waals surface area (Å²) in [5.74, 6) is 0.510. The zero-order chi connectivity index (χ0) is 17.9. The molecule has 2 aromatic rings. The molecule has 1 heterocycles. The second kappa shape index (κ2) is 7.53. The molecule has 2 N–H and O–H groups in total. The van der Waals surface area contributed by atoms with Gasteiger partial charge in [-0.15, -0.1) is 9.78 Å². The van der Waals surface area contributed by atoms with Gasteiger partial charge in [-0.25, -0.2) is 9.59 Å². The fourth-order valence-corrected chi connectivity index (χ4v) is 2.48. The Bertz CT molecular complexity index is 766. The molecule has 0 saturated heterocycles. The van der Waals surface area contributed by atoms with Gasteiger partial charge < -0.3 is 10.6 Å². The number of hydrogen-bond donors (Lipinski definition) is 2. The first-order chi connectivity index (χ1) is 11.3. The van der Waals surface area contributed by atoms with Crippen molar-refractivity contribution in [3.63, 3.8) is 0 Å². The zero-order valence-corrected chi connectivity index (χ0v) is 15.0. The first-order valence-corrected chi connectivity index (χ1v) is 8.10. The predicted octanol–water partition coefficient (Wildman–Crippen LogP) is 2.10. The minimum absolute atomic E-state index is 0.125. The summed E-state index contributed by atoms with van der Waals surface area (Å²) in [4.78, 5) is 24.3. The second-order valence-corrected chi connectivity index (χ2v) is 6.31. The van der Waals surface area contributed by atoms with E-state index in [9.17, 15) is 9.59 Å². The molecule has 1 aromatic carbocycles. The molecule has 1 aromatic heterocycles. The van der Waals surface area contributed by atoms with E-state index < -0.39 is 11.7 Å². The maximum Gasteiger partial charge on any atom is 0.355 e. The van der Waals surface area contributed by atoms with E-state index in [4.69, 9.17) is 11.6 Å². The molecule has 0 bridgehead atoms. The van der Waals surface area contributed by atoms with Gasteiger partial charge in [0.2, 0.25) is 5.95 Å². The lowest BCUT2D eigenvalue weighted by molar-refractivity contribution is 0.231. The topological polar surface area (TPSA) is 81.0 Å². The van der Waals surface area contributed by atoms with Crippen LogP contribution in [0.25, 0.3) is 0 Å². The number of nitrogens with one attached hydrogen (secondary N) is 2. The van der Waals surface area contributed by atoms with Crippen LogP contribution in [0.3, 0.4) is 0 Å². The third-order valence-electron chi connectivity index (χ3n) is 4.07. The molecule has 0 aliphatic rings. The van der Waals surface area contributed by atoms with Crippen molar-refractivity contribution < 1.29 is 4.79 Å². The lowest BCUT2D eigenvalue weighted by atomic mass is 9.95. The number of hydrogen-bond acceptors (Lipinski definition) is 4. The van der Waals surface area contributed by atoms with Crippen LogP contribution in [0.1, 0.15) is 19.4 Å². The molecule has 0 spiro atoms. The molecule has 7 nitrogen and oxygen atoms in total. The van der Waals surface area contributed by atoms with Crippen molar-refractivity contribution in [2.45, 2.75) is 26.3 Å². The summed E-state index contributed by atoms with van der Waals surface area (Å²) < 4.78 is 2.11. The number of halogens is 1. The Morgan fingerprint density at radius 2 is 1.92 bits per heavy atom. The fourth-order valence-electron chi connectivity index (χ4n) is 2.35.